The van der Waals surface area contributed by atoms with Gasteiger partial charge in [-0.3, -0.25) is 14.4 Å². The van der Waals surface area contributed by atoms with E-state index >= 15 is 0 Å². The van der Waals surface area contributed by atoms with Gasteiger partial charge in [-0.05, 0) is 85.1 Å². The molecule has 0 saturated carbocycles. The van der Waals surface area contributed by atoms with Crippen molar-refractivity contribution in [2.24, 2.45) is 11.8 Å². The molecule has 4 aromatic rings. The number of hydrogen-bond donors (Lipinski definition) is 1. The zero-order valence-electron chi connectivity index (χ0n) is 28.1. The van der Waals surface area contributed by atoms with Gasteiger partial charge in [0.05, 0.1) is 5.69 Å². The number of aromatic nitrogens is 2. The number of likely N-dealkylation sites (tertiary alicyclic amines) is 2. The summed E-state index contributed by atoms with van der Waals surface area (Å²) in [6, 6.07) is 28.0. The van der Waals surface area contributed by atoms with Crippen LogP contribution in [0, 0.1) is 17.7 Å². The highest BCUT2D eigenvalue weighted by molar-refractivity contribution is 5.74. The second kappa shape index (κ2) is 15.0. The highest BCUT2D eigenvalue weighted by atomic mass is 19.1. The van der Waals surface area contributed by atoms with Crippen molar-refractivity contribution in [1.82, 2.24) is 19.6 Å². The van der Waals surface area contributed by atoms with E-state index in [4.69, 9.17) is 5.10 Å². The summed E-state index contributed by atoms with van der Waals surface area (Å²) in [7, 11) is 0. The molecule has 6 nitrogen and oxygen atoms in total. The molecule has 0 bridgehead atoms. The maximum atomic E-state index is 14.3. The van der Waals surface area contributed by atoms with Crippen LogP contribution in [0.25, 0.3) is 11.1 Å². The van der Waals surface area contributed by atoms with Crippen LogP contribution in [0.5, 0.6) is 0 Å². The summed E-state index contributed by atoms with van der Waals surface area (Å²) in [5.74, 6) is -0.102. The van der Waals surface area contributed by atoms with Crippen molar-refractivity contribution in [3.8, 4) is 11.1 Å². The van der Waals surface area contributed by atoms with E-state index in [2.05, 4.69) is 82.9 Å². The molecule has 2 aliphatic rings. The number of aryl methyl sites for hydroxylation is 1. The van der Waals surface area contributed by atoms with Crippen LogP contribution in [0.4, 0.5) is 4.39 Å². The molecule has 0 unspecified atom stereocenters. The van der Waals surface area contributed by atoms with Crippen LogP contribution < -0.4 is 0 Å². The zero-order valence-corrected chi connectivity index (χ0v) is 28.1. The van der Waals surface area contributed by atoms with E-state index in [1.807, 2.05) is 19.1 Å². The fraction of sp³-hybridized carbons (Fsp3) is 0.450. The van der Waals surface area contributed by atoms with Crippen molar-refractivity contribution < 1.29 is 14.3 Å². The van der Waals surface area contributed by atoms with Gasteiger partial charge in [-0.2, -0.15) is 5.10 Å². The van der Waals surface area contributed by atoms with Crippen LogP contribution in [0.15, 0.2) is 84.9 Å². The third-order valence-electron chi connectivity index (χ3n) is 10.7. The third kappa shape index (κ3) is 7.68. The van der Waals surface area contributed by atoms with Crippen LogP contribution in [-0.2, 0) is 17.8 Å². The lowest BCUT2D eigenvalue weighted by Crippen LogP contribution is -2.45. The summed E-state index contributed by atoms with van der Waals surface area (Å²) < 4.78 is 16.5. The van der Waals surface area contributed by atoms with Gasteiger partial charge >= 0.3 is 5.97 Å². The average Bonchev–Trinajstić information content (AvgIpc) is 3.69. The summed E-state index contributed by atoms with van der Waals surface area (Å²) in [5.41, 5.74) is 7.16. The van der Waals surface area contributed by atoms with Crippen molar-refractivity contribution in [1.29, 1.82) is 0 Å². The second-order valence-electron chi connectivity index (χ2n) is 13.7. The molecule has 0 aliphatic carbocycles. The molecule has 0 radical (unpaired) electrons. The SMILES string of the molecule is CC[C@@H](C)[C@H](C(=O)O)N1C[C@H](CN2CCC(c3cc(Cc4ccc(-c5ccccc5)cc4)nn3CC)CC2)[C@@H](c2cccc(F)c2)C1. The predicted molar refractivity (Wildman–Crippen MR) is 186 cm³/mol. The number of carboxylic acids is 1. The van der Waals surface area contributed by atoms with Gasteiger partial charge in [-0.25, -0.2) is 4.39 Å². The molecule has 4 atom stereocenters. The van der Waals surface area contributed by atoms with Gasteiger partial charge in [-0.15, -0.1) is 0 Å². The summed E-state index contributed by atoms with van der Waals surface area (Å²) in [4.78, 5) is 17.1. The van der Waals surface area contributed by atoms with Crippen LogP contribution in [0.2, 0.25) is 0 Å². The predicted octanol–water partition coefficient (Wildman–Crippen LogP) is 7.69. The first-order chi connectivity index (χ1) is 22.8. The molecule has 6 rings (SSSR count). The number of carboxylic acid groups (broad SMARTS) is 1. The highest BCUT2D eigenvalue weighted by Gasteiger charge is 2.42. The maximum absolute atomic E-state index is 14.3. The molecule has 47 heavy (non-hydrogen) atoms. The van der Waals surface area contributed by atoms with Crippen LogP contribution in [0.1, 0.15) is 74.4 Å². The Morgan fingerprint density at radius 3 is 2.32 bits per heavy atom. The Balaban J connectivity index is 1.10. The molecule has 2 aliphatic heterocycles. The molecule has 248 valence electrons. The summed E-state index contributed by atoms with van der Waals surface area (Å²) in [6.45, 7) is 11.4. The van der Waals surface area contributed by atoms with Gasteiger partial charge < -0.3 is 10.0 Å². The fourth-order valence-electron chi connectivity index (χ4n) is 7.97. The van der Waals surface area contributed by atoms with Crippen LogP contribution in [-0.4, -0.2) is 69.4 Å². The van der Waals surface area contributed by atoms with Gasteiger partial charge in [0.15, 0.2) is 0 Å². The Labute approximate surface area is 279 Å². The largest absolute Gasteiger partial charge is 0.480 e. The van der Waals surface area contributed by atoms with E-state index in [0.29, 0.717) is 12.5 Å². The number of benzene rings is 3. The van der Waals surface area contributed by atoms with Gasteiger partial charge in [0.1, 0.15) is 11.9 Å². The maximum Gasteiger partial charge on any atom is 0.321 e. The Hall–Kier alpha value is -3.81. The third-order valence-corrected chi connectivity index (χ3v) is 10.7. The number of aliphatic carboxylic acids is 1. The second-order valence-corrected chi connectivity index (χ2v) is 13.7. The van der Waals surface area contributed by atoms with Gasteiger partial charge in [0.25, 0.3) is 0 Å². The smallest absolute Gasteiger partial charge is 0.321 e. The molecule has 7 heteroatoms. The zero-order chi connectivity index (χ0) is 32.9. The number of hydrogen-bond acceptors (Lipinski definition) is 4. The first-order valence-electron chi connectivity index (χ1n) is 17.5. The standard InChI is InChI=1S/C40H49FN4O2/c1-4-28(3)39(40(46)47)44-26-34(37(27-44)33-12-9-13-35(41)23-33)25-43-20-18-32(19-21-43)38-24-36(42-45(38)5-2)22-29-14-16-31(17-15-29)30-10-7-6-8-11-30/h6-17,23-24,28,32,34,37,39H,4-5,18-22,25-27H2,1-3H3,(H,46,47)/t28-,34+,37-,39-/m1/s1. The number of halogens is 1. The van der Waals surface area contributed by atoms with Crippen molar-refractivity contribution >= 4 is 5.97 Å². The van der Waals surface area contributed by atoms with E-state index < -0.39 is 12.0 Å². The summed E-state index contributed by atoms with van der Waals surface area (Å²) in [5, 5.41) is 15.2. The molecular weight excluding hydrogens is 587 g/mol. The van der Waals surface area contributed by atoms with Crippen molar-refractivity contribution in [3.05, 3.63) is 113 Å². The lowest BCUT2D eigenvalue weighted by atomic mass is 9.87. The molecule has 0 spiro atoms. The van der Waals surface area contributed by atoms with Crippen molar-refractivity contribution in [3.63, 3.8) is 0 Å². The monoisotopic (exact) mass is 636 g/mol. The van der Waals surface area contributed by atoms with Crippen molar-refractivity contribution in [2.45, 2.75) is 70.9 Å². The summed E-state index contributed by atoms with van der Waals surface area (Å²) >= 11 is 0. The van der Waals surface area contributed by atoms with Crippen molar-refractivity contribution in [2.75, 3.05) is 32.7 Å². The average molecular weight is 637 g/mol. The van der Waals surface area contributed by atoms with Crippen LogP contribution in [0.3, 0.4) is 0 Å². The van der Waals surface area contributed by atoms with E-state index in [-0.39, 0.29) is 23.6 Å². The van der Waals surface area contributed by atoms with Gasteiger partial charge in [0.2, 0.25) is 0 Å². The first-order valence-corrected chi connectivity index (χ1v) is 17.5. The number of nitrogens with zero attached hydrogens (tertiary/aromatic N) is 4. The minimum atomic E-state index is -0.755. The minimum Gasteiger partial charge on any atom is -0.480 e. The molecule has 3 heterocycles. The number of carbonyl (C=O) groups is 1. The minimum absolute atomic E-state index is 0.0529. The van der Waals surface area contributed by atoms with Crippen LogP contribution >= 0.6 is 0 Å². The lowest BCUT2D eigenvalue weighted by molar-refractivity contribution is -0.145. The molecule has 3 aromatic carbocycles. The number of piperidine rings is 1. The fourth-order valence-corrected chi connectivity index (χ4v) is 7.97. The topological polar surface area (TPSA) is 61.6 Å². The molecule has 2 saturated heterocycles. The Bertz CT molecular complexity index is 1610. The van der Waals surface area contributed by atoms with E-state index in [1.54, 1.807) is 12.1 Å². The normalized spacial score (nSPS) is 20.8. The molecule has 1 aromatic heterocycles. The quantitative estimate of drug-likeness (QED) is 0.173. The molecule has 1 N–H and O–H groups in total. The van der Waals surface area contributed by atoms with E-state index in [1.165, 1.54) is 28.5 Å². The Morgan fingerprint density at radius 1 is 0.936 bits per heavy atom. The van der Waals surface area contributed by atoms with E-state index in [9.17, 15) is 14.3 Å². The first kappa shape index (κ1) is 33.1. The molecule has 0 amide bonds. The van der Waals surface area contributed by atoms with E-state index in [0.717, 1.165) is 69.7 Å². The highest BCUT2D eigenvalue weighted by Crippen LogP contribution is 2.38. The van der Waals surface area contributed by atoms with Gasteiger partial charge in [-0.1, -0.05) is 87.0 Å². The van der Waals surface area contributed by atoms with Gasteiger partial charge in [0, 0.05) is 50.1 Å². The Morgan fingerprint density at radius 2 is 1.66 bits per heavy atom. The number of rotatable bonds is 12. The molecular formula is C40H49FN4O2. The summed E-state index contributed by atoms with van der Waals surface area (Å²) in [6.07, 6.45) is 3.78. The Kier molecular flexibility index (Phi) is 10.5. The lowest BCUT2D eigenvalue weighted by Gasteiger charge is -2.35. The molecule has 2 fully saturated rings.